The van der Waals surface area contributed by atoms with Crippen LogP contribution in [0.4, 0.5) is 0 Å². The van der Waals surface area contributed by atoms with Gasteiger partial charge in [-0.25, -0.2) is 0 Å². The van der Waals surface area contributed by atoms with Gasteiger partial charge in [0.05, 0.1) is 7.11 Å². The zero-order chi connectivity index (χ0) is 11.3. The first-order valence-corrected chi connectivity index (χ1v) is 4.99. The Morgan fingerprint density at radius 1 is 1.27 bits per heavy atom. The van der Waals surface area contributed by atoms with Crippen molar-refractivity contribution < 1.29 is 9.53 Å². The summed E-state index contributed by atoms with van der Waals surface area (Å²) in [5, 5.41) is 0. The standard InChI is InChI=1S/C13H16O2/c1-10(2)13(14)9-6-11-4-7-12(15-3)8-5-11/h4-10H,1-3H3/b9-6-. The van der Waals surface area contributed by atoms with E-state index in [1.807, 2.05) is 44.2 Å². The summed E-state index contributed by atoms with van der Waals surface area (Å²) in [7, 11) is 1.63. The van der Waals surface area contributed by atoms with Crippen molar-refractivity contribution in [3.8, 4) is 5.75 Å². The van der Waals surface area contributed by atoms with Crippen LogP contribution in [0.15, 0.2) is 30.3 Å². The maximum atomic E-state index is 11.3. The fraction of sp³-hybridized carbons (Fsp3) is 0.308. The molecule has 0 aliphatic rings. The highest BCUT2D eigenvalue weighted by molar-refractivity contribution is 5.94. The van der Waals surface area contributed by atoms with Gasteiger partial charge in [-0.15, -0.1) is 0 Å². The Labute approximate surface area is 90.6 Å². The predicted octanol–water partition coefficient (Wildman–Crippen LogP) is 2.93. The van der Waals surface area contributed by atoms with E-state index in [2.05, 4.69) is 0 Å². The van der Waals surface area contributed by atoms with Gasteiger partial charge in [-0.1, -0.05) is 32.1 Å². The minimum absolute atomic E-state index is 0.0551. The van der Waals surface area contributed by atoms with Crippen molar-refractivity contribution in [3.05, 3.63) is 35.9 Å². The van der Waals surface area contributed by atoms with Crippen molar-refractivity contribution in [2.24, 2.45) is 5.92 Å². The number of allylic oxidation sites excluding steroid dienone is 1. The molecule has 0 atom stereocenters. The van der Waals surface area contributed by atoms with Crippen LogP contribution in [-0.2, 0) is 4.79 Å². The summed E-state index contributed by atoms with van der Waals surface area (Å²) < 4.78 is 5.04. The van der Waals surface area contributed by atoms with Gasteiger partial charge < -0.3 is 4.74 Å². The quantitative estimate of drug-likeness (QED) is 0.705. The summed E-state index contributed by atoms with van der Waals surface area (Å²) in [5.41, 5.74) is 1.00. The van der Waals surface area contributed by atoms with Gasteiger partial charge in [-0.05, 0) is 23.8 Å². The topological polar surface area (TPSA) is 26.3 Å². The highest BCUT2D eigenvalue weighted by Crippen LogP contribution is 2.12. The highest BCUT2D eigenvalue weighted by atomic mass is 16.5. The van der Waals surface area contributed by atoms with Crippen molar-refractivity contribution in [3.63, 3.8) is 0 Å². The number of methoxy groups -OCH3 is 1. The molecular weight excluding hydrogens is 188 g/mol. The number of benzene rings is 1. The normalized spacial score (nSPS) is 10.9. The van der Waals surface area contributed by atoms with E-state index in [1.54, 1.807) is 13.2 Å². The second kappa shape index (κ2) is 5.35. The van der Waals surface area contributed by atoms with Crippen LogP contribution < -0.4 is 4.74 Å². The molecule has 0 N–H and O–H groups in total. The number of hydrogen-bond donors (Lipinski definition) is 0. The minimum atomic E-state index is 0.0551. The van der Waals surface area contributed by atoms with Crippen molar-refractivity contribution in [2.45, 2.75) is 13.8 Å². The molecule has 0 aliphatic heterocycles. The van der Waals surface area contributed by atoms with Crippen molar-refractivity contribution in [1.29, 1.82) is 0 Å². The number of ketones is 1. The Balaban J connectivity index is 2.69. The van der Waals surface area contributed by atoms with Crippen LogP contribution in [0.2, 0.25) is 0 Å². The molecule has 80 valence electrons. The van der Waals surface area contributed by atoms with Gasteiger partial charge in [0.1, 0.15) is 5.75 Å². The van der Waals surface area contributed by atoms with Crippen molar-refractivity contribution in [1.82, 2.24) is 0 Å². The van der Waals surface area contributed by atoms with E-state index in [1.165, 1.54) is 0 Å². The molecule has 15 heavy (non-hydrogen) atoms. The number of ether oxygens (including phenoxy) is 1. The Morgan fingerprint density at radius 3 is 2.33 bits per heavy atom. The third-order valence-electron chi connectivity index (χ3n) is 2.12. The summed E-state index contributed by atoms with van der Waals surface area (Å²) >= 11 is 0. The summed E-state index contributed by atoms with van der Waals surface area (Å²) in [6, 6.07) is 7.59. The smallest absolute Gasteiger partial charge is 0.158 e. The lowest BCUT2D eigenvalue weighted by molar-refractivity contribution is -0.117. The molecule has 2 heteroatoms. The zero-order valence-electron chi connectivity index (χ0n) is 9.36. The molecule has 0 radical (unpaired) electrons. The van der Waals surface area contributed by atoms with Gasteiger partial charge in [0, 0.05) is 5.92 Å². The van der Waals surface area contributed by atoms with Crippen LogP contribution in [0.25, 0.3) is 6.08 Å². The maximum Gasteiger partial charge on any atom is 0.158 e. The molecule has 1 rings (SSSR count). The first-order valence-electron chi connectivity index (χ1n) is 4.99. The number of rotatable bonds is 4. The average Bonchev–Trinajstić information content (AvgIpc) is 2.26. The lowest BCUT2D eigenvalue weighted by Gasteiger charge is -1.99. The summed E-state index contributed by atoms with van der Waals surface area (Å²) in [6.07, 6.45) is 3.44. The number of carbonyl (C=O) groups is 1. The fourth-order valence-corrected chi connectivity index (χ4v) is 1.09. The molecule has 0 fully saturated rings. The predicted molar refractivity (Wildman–Crippen MR) is 61.9 cm³/mol. The van der Waals surface area contributed by atoms with Crippen LogP contribution in [0.1, 0.15) is 19.4 Å². The molecule has 0 unspecified atom stereocenters. The van der Waals surface area contributed by atoms with Crippen LogP contribution in [-0.4, -0.2) is 12.9 Å². The monoisotopic (exact) mass is 204 g/mol. The molecule has 1 aromatic carbocycles. The van der Waals surface area contributed by atoms with Crippen LogP contribution >= 0.6 is 0 Å². The zero-order valence-corrected chi connectivity index (χ0v) is 9.36. The van der Waals surface area contributed by atoms with Crippen LogP contribution in [0, 0.1) is 5.92 Å². The van der Waals surface area contributed by atoms with Crippen molar-refractivity contribution in [2.75, 3.05) is 7.11 Å². The molecule has 2 nitrogen and oxygen atoms in total. The molecule has 0 aromatic heterocycles. The maximum absolute atomic E-state index is 11.3. The third kappa shape index (κ3) is 3.58. The largest absolute Gasteiger partial charge is 0.497 e. The van der Waals surface area contributed by atoms with Crippen LogP contribution in [0.5, 0.6) is 5.75 Å². The van der Waals surface area contributed by atoms with E-state index in [0.717, 1.165) is 11.3 Å². The number of carbonyl (C=O) groups excluding carboxylic acids is 1. The summed E-state index contributed by atoms with van der Waals surface area (Å²) in [4.78, 5) is 11.3. The van der Waals surface area contributed by atoms with E-state index in [0.29, 0.717) is 0 Å². The highest BCUT2D eigenvalue weighted by Gasteiger charge is 2.01. The Hall–Kier alpha value is -1.57. The SMILES string of the molecule is COc1ccc(/C=C\C(=O)C(C)C)cc1. The first kappa shape index (κ1) is 11.5. The molecule has 0 aliphatic carbocycles. The number of hydrogen-bond acceptors (Lipinski definition) is 2. The molecule has 0 spiro atoms. The lowest BCUT2D eigenvalue weighted by Crippen LogP contribution is -2.01. The molecule has 0 amide bonds. The second-order valence-corrected chi connectivity index (χ2v) is 3.66. The van der Waals surface area contributed by atoms with E-state index < -0.39 is 0 Å². The summed E-state index contributed by atoms with van der Waals surface area (Å²) in [6.45, 7) is 3.78. The van der Waals surface area contributed by atoms with E-state index in [4.69, 9.17) is 4.74 Å². The Kier molecular flexibility index (Phi) is 4.10. The molecule has 1 aromatic rings. The molecular formula is C13H16O2. The minimum Gasteiger partial charge on any atom is -0.497 e. The van der Waals surface area contributed by atoms with Gasteiger partial charge in [0.15, 0.2) is 5.78 Å². The fourth-order valence-electron chi connectivity index (χ4n) is 1.09. The van der Waals surface area contributed by atoms with E-state index in [9.17, 15) is 4.79 Å². The van der Waals surface area contributed by atoms with Crippen LogP contribution in [0.3, 0.4) is 0 Å². The van der Waals surface area contributed by atoms with Gasteiger partial charge in [-0.2, -0.15) is 0 Å². The molecule has 0 heterocycles. The third-order valence-corrected chi connectivity index (χ3v) is 2.12. The molecule has 0 bridgehead atoms. The van der Waals surface area contributed by atoms with Crippen molar-refractivity contribution >= 4 is 11.9 Å². The Morgan fingerprint density at radius 2 is 1.87 bits per heavy atom. The average molecular weight is 204 g/mol. The Bertz CT molecular complexity index is 347. The van der Waals surface area contributed by atoms with Gasteiger partial charge in [0.25, 0.3) is 0 Å². The molecule has 0 saturated carbocycles. The van der Waals surface area contributed by atoms with E-state index in [-0.39, 0.29) is 11.7 Å². The first-order chi connectivity index (χ1) is 7.13. The van der Waals surface area contributed by atoms with E-state index >= 15 is 0 Å². The molecule has 0 saturated heterocycles. The summed E-state index contributed by atoms with van der Waals surface area (Å²) in [5.74, 6) is 1.02. The van der Waals surface area contributed by atoms with Gasteiger partial charge >= 0.3 is 0 Å². The lowest BCUT2D eigenvalue weighted by atomic mass is 10.1. The van der Waals surface area contributed by atoms with Gasteiger partial charge in [0.2, 0.25) is 0 Å². The second-order valence-electron chi connectivity index (χ2n) is 3.66. The van der Waals surface area contributed by atoms with Gasteiger partial charge in [-0.3, -0.25) is 4.79 Å².